The maximum absolute atomic E-state index is 11.8. The highest BCUT2D eigenvalue weighted by molar-refractivity contribution is 9.10. The summed E-state index contributed by atoms with van der Waals surface area (Å²) in [6.45, 7) is 4.40. The van der Waals surface area contributed by atoms with Crippen LogP contribution in [0, 0.1) is 5.92 Å². The molecule has 0 aromatic heterocycles. The molecule has 20 heavy (non-hydrogen) atoms. The van der Waals surface area contributed by atoms with Crippen molar-refractivity contribution in [1.29, 1.82) is 0 Å². The summed E-state index contributed by atoms with van der Waals surface area (Å²) in [6.07, 6.45) is 0. The molecule has 0 heterocycles. The lowest BCUT2D eigenvalue weighted by Gasteiger charge is -2.10. The summed E-state index contributed by atoms with van der Waals surface area (Å²) >= 11 is 3.28. The maximum atomic E-state index is 11.8. The zero-order valence-electron chi connectivity index (χ0n) is 11.4. The van der Waals surface area contributed by atoms with Gasteiger partial charge in [0.05, 0.1) is 5.56 Å². The molecule has 0 bridgehead atoms. The third kappa shape index (κ3) is 5.79. The van der Waals surface area contributed by atoms with Crippen molar-refractivity contribution in [2.45, 2.75) is 13.8 Å². The van der Waals surface area contributed by atoms with Crippen LogP contribution >= 0.6 is 28.3 Å². The Morgan fingerprint density at radius 1 is 1.25 bits per heavy atom. The number of nitrogen functional groups attached to an aromatic ring is 1. The highest BCUT2D eigenvalue weighted by atomic mass is 79.9. The van der Waals surface area contributed by atoms with Crippen LogP contribution < -0.4 is 16.4 Å². The Balaban J connectivity index is 0.00000361. The number of amides is 2. The van der Waals surface area contributed by atoms with Gasteiger partial charge in [-0.05, 0) is 18.2 Å². The molecule has 1 aromatic carbocycles. The van der Waals surface area contributed by atoms with Gasteiger partial charge >= 0.3 is 0 Å². The van der Waals surface area contributed by atoms with E-state index in [1.807, 2.05) is 13.8 Å². The summed E-state index contributed by atoms with van der Waals surface area (Å²) in [5, 5.41) is 5.42. The number of nitrogens with two attached hydrogens (primary N) is 1. The minimum Gasteiger partial charge on any atom is -0.398 e. The summed E-state index contributed by atoms with van der Waals surface area (Å²) < 4.78 is 0.825. The van der Waals surface area contributed by atoms with Gasteiger partial charge in [-0.1, -0.05) is 29.8 Å². The molecule has 1 rings (SSSR count). The summed E-state index contributed by atoms with van der Waals surface area (Å²) in [5.41, 5.74) is 6.60. The number of rotatable bonds is 5. The van der Waals surface area contributed by atoms with E-state index in [9.17, 15) is 9.59 Å². The van der Waals surface area contributed by atoms with Gasteiger partial charge in [-0.15, -0.1) is 12.4 Å². The highest BCUT2D eigenvalue weighted by Gasteiger charge is 2.10. The molecule has 5 nitrogen and oxygen atoms in total. The van der Waals surface area contributed by atoms with Gasteiger partial charge in [0.15, 0.2) is 0 Å². The average Bonchev–Trinajstić information content (AvgIpc) is 2.33. The molecule has 4 N–H and O–H groups in total. The summed E-state index contributed by atoms with van der Waals surface area (Å²) in [7, 11) is 0. The first-order valence-electron chi connectivity index (χ1n) is 6.02. The van der Waals surface area contributed by atoms with E-state index in [4.69, 9.17) is 5.73 Å². The van der Waals surface area contributed by atoms with Crippen LogP contribution in [0.2, 0.25) is 0 Å². The van der Waals surface area contributed by atoms with E-state index in [1.165, 1.54) is 0 Å². The van der Waals surface area contributed by atoms with Gasteiger partial charge < -0.3 is 16.4 Å². The van der Waals surface area contributed by atoms with Crippen molar-refractivity contribution in [3.8, 4) is 0 Å². The molecular weight excluding hydrogens is 346 g/mol. The predicted molar refractivity (Wildman–Crippen MR) is 86.0 cm³/mol. The predicted octanol–water partition coefficient (Wildman–Crippen LogP) is 1.96. The lowest BCUT2D eigenvalue weighted by Crippen LogP contribution is -2.36. The fourth-order valence-electron chi connectivity index (χ4n) is 1.40. The molecule has 1 aromatic rings. The minimum absolute atomic E-state index is 0. The van der Waals surface area contributed by atoms with E-state index in [2.05, 4.69) is 26.6 Å². The van der Waals surface area contributed by atoms with Crippen molar-refractivity contribution >= 4 is 45.8 Å². The normalized spacial score (nSPS) is 9.80. The quantitative estimate of drug-likeness (QED) is 0.551. The molecule has 0 saturated carbocycles. The van der Waals surface area contributed by atoms with Crippen molar-refractivity contribution < 1.29 is 9.59 Å². The molecule has 0 radical (unpaired) electrons. The molecule has 0 aliphatic carbocycles. The van der Waals surface area contributed by atoms with Crippen LogP contribution in [0.5, 0.6) is 0 Å². The number of hydrogen-bond acceptors (Lipinski definition) is 3. The van der Waals surface area contributed by atoms with Crippen LogP contribution in [0.1, 0.15) is 24.2 Å². The Hall–Kier alpha value is -1.27. The van der Waals surface area contributed by atoms with Gasteiger partial charge in [0.1, 0.15) is 0 Å². The van der Waals surface area contributed by atoms with Crippen LogP contribution in [-0.4, -0.2) is 24.9 Å². The van der Waals surface area contributed by atoms with Gasteiger partial charge in [0, 0.05) is 29.2 Å². The van der Waals surface area contributed by atoms with E-state index in [-0.39, 0.29) is 30.1 Å². The molecule has 0 atom stereocenters. The number of anilines is 1. The molecule has 0 aliphatic rings. The maximum Gasteiger partial charge on any atom is 0.253 e. The lowest BCUT2D eigenvalue weighted by atomic mass is 10.1. The molecular formula is C13H19BrClN3O2. The summed E-state index contributed by atoms with van der Waals surface area (Å²) in [5.74, 6) is -0.334. The molecule has 0 spiro atoms. The molecule has 0 saturated heterocycles. The fraction of sp³-hybridized carbons (Fsp3) is 0.385. The molecule has 112 valence electrons. The number of carbonyl (C=O) groups is 2. The largest absolute Gasteiger partial charge is 0.398 e. The van der Waals surface area contributed by atoms with Gasteiger partial charge in [-0.25, -0.2) is 0 Å². The second-order valence-electron chi connectivity index (χ2n) is 4.43. The third-order valence-corrected chi connectivity index (χ3v) is 2.99. The average molecular weight is 365 g/mol. The van der Waals surface area contributed by atoms with Crippen LogP contribution in [-0.2, 0) is 4.79 Å². The van der Waals surface area contributed by atoms with E-state index in [1.54, 1.807) is 18.2 Å². The van der Waals surface area contributed by atoms with Crippen LogP contribution in [0.25, 0.3) is 0 Å². The molecule has 0 fully saturated rings. The van der Waals surface area contributed by atoms with Crippen LogP contribution in [0.15, 0.2) is 22.7 Å². The highest BCUT2D eigenvalue weighted by Crippen LogP contribution is 2.18. The standard InChI is InChI=1S/C13H18BrN3O2.ClH/c1-8(2)12(18)16-5-6-17-13(19)10-4-3-9(14)7-11(10)15;/h3-4,7-8H,5-6,15H2,1-2H3,(H,16,18)(H,17,19);1H. The fourth-order valence-corrected chi connectivity index (χ4v) is 1.78. The Morgan fingerprint density at radius 2 is 1.85 bits per heavy atom. The van der Waals surface area contributed by atoms with Crippen LogP contribution in [0.3, 0.4) is 0 Å². The zero-order chi connectivity index (χ0) is 14.4. The third-order valence-electron chi connectivity index (χ3n) is 2.49. The monoisotopic (exact) mass is 363 g/mol. The molecule has 0 unspecified atom stereocenters. The van der Waals surface area contributed by atoms with Crippen molar-refractivity contribution in [1.82, 2.24) is 10.6 Å². The first-order chi connectivity index (χ1) is 8.91. The Kier molecular flexibility index (Phi) is 8.25. The number of benzene rings is 1. The number of hydrogen-bond donors (Lipinski definition) is 3. The van der Waals surface area contributed by atoms with E-state index < -0.39 is 0 Å². The minimum atomic E-state index is -0.246. The second-order valence-corrected chi connectivity index (χ2v) is 5.35. The summed E-state index contributed by atoms with van der Waals surface area (Å²) in [4.78, 5) is 23.1. The van der Waals surface area contributed by atoms with Gasteiger partial charge in [0.25, 0.3) is 5.91 Å². The van der Waals surface area contributed by atoms with Gasteiger partial charge in [-0.3, -0.25) is 9.59 Å². The zero-order valence-corrected chi connectivity index (χ0v) is 13.8. The van der Waals surface area contributed by atoms with Gasteiger partial charge in [0.2, 0.25) is 5.91 Å². The van der Waals surface area contributed by atoms with E-state index in [0.717, 1.165) is 4.47 Å². The molecule has 2 amide bonds. The summed E-state index contributed by atoms with van der Waals surface area (Å²) in [6, 6.07) is 5.09. The smallest absolute Gasteiger partial charge is 0.253 e. The van der Waals surface area contributed by atoms with E-state index in [0.29, 0.717) is 24.3 Å². The van der Waals surface area contributed by atoms with Gasteiger partial charge in [-0.2, -0.15) is 0 Å². The number of nitrogens with one attached hydrogen (secondary N) is 2. The van der Waals surface area contributed by atoms with Crippen molar-refractivity contribution in [2.24, 2.45) is 5.92 Å². The number of halogens is 2. The van der Waals surface area contributed by atoms with Crippen LogP contribution in [0.4, 0.5) is 5.69 Å². The second kappa shape index (κ2) is 8.81. The molecule has 7 heteroatoms. The first-order valence-corrected chi connectivity index (χ1v) is 6.82. The van der Waals surface area contributed by atoms with E-state index >= 15 is 0 Å². The SMILES string of the molecule is CC(C)C(=O)NCCNC(=O)c1ccc(Br)cc1N.Cl. The topological polar surface area (TPSA) is 84.2 Å². The van der Waals surface area contributed by atoms with Crippen molar-refractivity contribution in [2.75, 3.05) is 18.8 Å². The van der Waals surface area contributed by atoms with Crippen molar-refractivity contribution in [3.05, 3.63) is 28.2 Å². The first kappa shape index (κ1) is 18.7. The molecule has 0 aliphatic heterocycles. The lowest BCUT2D eigenvalue weighted by molar-refractivity contribution is -0.123. The Labute approximate surface area is 133 Å². The Morgan fingerprint density at radius 3 is 2.40 bits per heavy atom. The Bertz CT molecular complexity index is 481. The number of carbonyl (C=O) groups excluding carboxylic acids is 2. The van der Waals surface area contributed by atoms with Crippen molar-refractivity contribution in [3.63, 3.8) is 0 Å².